The number of aliphatic hydroxyl groups is 2. The zero-order valence-corrected chi connectivity index (χ0v) is 24.2. The molecule has 7 atom stereocenters. The first-order valence-electron chi connectivity index (χ1n) is 14.9. The fourth-order valence-electron chi connectivity index (χ4n) is 8.43. The third kappa shape index (κ3) is 5.37. The zero-order chi connectivity index (χ0) is 30.3. The molecular weight excluding hydrogens is 541 g/mol. The van der Waals surface area contributed by atoms with Gasteiger partial charge in [-0.05, 0) is 80.2 Å². The van der Waals surface area contributed by atoms with Crippen LogP contribution in [0.5, 0.6) is 0 Å². The summed E-state index contributed by atoms with van der Waals surface area (Å²) in [6.45, 7) is 3.68. The molecule has 1 amide bonds. The van der Waals surface area contributed by atoms with Gasteiger partial charge in [-0.15, -0.1) is 0 Å². The Morgan fingerprint density at radius 1 is 1.12 bits per heavy atom. The Morgan fingerprint density at radius 3 is 2.60 bits per heavy atom. The van der Waals surface area contributed by atoms with Gasteiger partial charge in [0.15, 0.2) is 12.4 Å². The molecule has 1 aromatic carbocycles. The zero-order valence-electron chi connectivity index (χ0n) is 24.2. The average Bonchev–Trinajstić information content (AvgIpc) is 3.22. The van der Waals surface area contributed by atoms with Crippen molar-refractivity contribution in [1.82, 2.24) is 5.32 Å². The molecule has 0 heterocycles. The molecule has 0 bridgehead atoms. The molecule has 1 aromatic rings. The van der Waals surface area contributed by atoms with Crippen molar-refractivity contribution in [2.24, 2.45) is 28.6 Å². The van der Waals surface area contributed by atoms with E-state index >= 15 is 0 Å². The van der Waals surface area contributed by atoms with Crippen LogP contribution >= 0.6 is 0 Å². The summed E-state index contributed by atoms with van der Waals surface area (Å²) in [5, 5.41) is 26.0. The van der Waals surface area contributed by atoms with E-state index in [0.717, 1.165) is 24.0 Å². The number of hydrogen-bond acceptors (Lipinski definition) is 7. The van der Waals surface area contributed by atoms with Crippen LogP contribution in [0.1, 0.15) is 64.4 Å². The molecule has 3 N–H and O–H groups in total. The van der Waals surface area contributed by atoms with Crippen LogP contribution in [0, 0.1) is 34.4 Å². The van der Waals surface area contributed by atoms with E-state index in [1.807, 2.05) is 13.0 Å². The number of ether oxygens (including phenoxy) is 1. The summed E-state index contributed by atoms with van der Waals surface area (Å²) in [4.78, 5) is 49.9. The molecule has 0 radical (unpaired) electrons. The summed E-state index contributed by atoms with van der Waals surface area (Å²) in [6, 6.07) is 5.99. The van der Waals surface area contributed by atoms with Gasteiger partial charge >= 0.3 is 5.97 Å². The molecule has 4 aliphatic carbocycles. The molecule has 0 unspecified atom stereocenters. The second-order valence-electron chi connectivity index (χ2n) is 12.9. The minimum atomic E-state index is -1.74. The number of aliphatic hydroxyl groups excluding tert-OH is 1. The molecule has 9 heteroatoms. The van der Waals surface area contributed by atoms with Gasteiger partial charge in [-0.1, -0.05) is 37.6 Å². The van der Waals surface area contributed by atoms with Gasteiger partial charge in [0.05, 0.1) is 12.5 Å². The minimum absolute atomic E-state index is 0.00133. The second kappa shape index (κ2) is 11.5. The van der Waals surface area contributed by atoms with Gasteiger partial charge in [0.25, 0.3) is 0 Å². The highest BCUT2D eigenvalue weighted by Crippen LogP contribution is 2.67. The molecule has 226 valence electrons. The van der Waals surface area contributed by atoms with Crippen LogP contribution in [0.25, 0.3) is 0 Å². The fourth-order valence-corrected chi connectivity index (χ4v) is 8.43. The predicted molar refractivity (Wildman–Crippen MR) is 151 cm³/mol. The Labute approximate surface area is 245 Å². The summed E-state index contributed by atoms with van der Waals surface area (Å²) in [5.74, 6) is -2.03. The standard InChI is InChI=1S/C33H40FNO7/c1-31-14-11-23(36)17-21(31)5-8-24-25-12-15-33(41,32(25,2)18-26(37)30(24)31)27(38)19-42-29(40)10-9-28(39)35-16-13-20-3-6-22(34)7-4-20/h3-4,6-7,11,14,17,24-26,30,37,41H,5,8-10,12-13,15-16,18-19H2,1-2H3,(H,35,39)/t24-,25-,26-,30-,31-,32-,33-/m0/s1. The van der Waals surface area contributed by atoms with Gasteiger partial charge in [-0.25, -0.2) is 4.39 Å². The number of carbonyl (C=O) groups excluding carboxylic acids is 4. The molecule has 0 spiro atoms. The number of carbonyl (C=O) groups is 4. The van der Waals surface area contributed by atoms with Crippen molar-refractivity contribution in [3.63, 3.8) is 0 Å². The van der Waals surface area contributed by atoms with Crippen LogP contribution in [-0.2, 0) is 30.3 Å². The number of halogens is 1. The van der Waals surface area contributed by atoms with Crippen molar-refractivity contribution in [3.8, 4) is 0 Å². The summed E-state index contributed by atoms with van der Waals surface area (Å²) >= 11 is 0. The van der Waals surface area contributed by atoms with Crippen LogP contribution in [0.15, 0.2) is 48.1 Å². The van der Waals surface area contributed by atoms with Crippen molar-refractivity contribution in [2.75, 3.05) is 13.2 Å². The third-order valence-electron chi connectivity index (χ3n) is 10.7. The molecule has 42 heavy (non-hydrogen) atoms. The monoisotopic (exact) mass is 581 g/mol. The number of Topliss-reactive ketones (excluding diaryl/α,β-unsaturated/α-hetero) is 1. The SMILES string of the molecule is C[C@]12C=CC(=O)C=C1CC[C@@H]1[C@H]2[C@@H](O)C[C@@]2(C)[C@H]1CC[C@]2(O)C(=O)COC(=O)CCC(=O)NCCc1ccc(F)cc1. The van der Waals surface area contributed by atoms with E-state index < -0.39 is 40.9 Å². The Morgan fingerprint density at radius 2 is 1.86 bits per heavy atom. The lowest BCUT2D eigenvalue weighted by atomic mass is 9.46. The number of hydrogen-bond donors (Lipinski definition) is 3. The number of fused-ring (bicyclic) bond motifs is 5. The fraction of sp³-hybridized carbons (Fsp3) is 0.576. The van der Waals surface area contributed by atoms with E-state index in [1.54, 1.807) is 24.3 Å². The van der Waals surface area contributed by atoms with Crippen molar-refractivity contribution >= 4 is 23.4 Å². The molecular formula is C33H40FNO7. The number of rotatable bonds is 9. The molecule has 0 aromatic heterocycles. The lowest BCUT2D eigenvalue weighted by Gasteiger charge is -2.59. The number of ketones is 2. The Bertz CT molecular complexity index is 1320. The number of allylic oxidation sites excluding steroid dienone is 4. The van der Waals surface area contributed by atoms with Crippen LogP contribution < -0.4 is 5.32 Å². The topological polar surface area (TPSA) is 130 Å². The van der Waals surface area contributed by atoms with E-state index in [9.17, 15) is 33.8 Å². The molecule has 5 rings (SSSR count). The average molecular weight is 582 g/mol. The maximum absolute atomic E-state index is 13.4. The van der Waals surface area contributed by atoms with Crippen molar-refractivity contribution in [3.05, 3.63) is 59.4 Å². The summed E-state index contributed by atoms with van der Waals surface area (Å²) in [5.41, 5.74) is -1.15. The highest BCUT2D eigenvalue weighted by Gasteiger charge is 2.68. The van der Waals surface area contributed by atoms with Gasteiger partial charge in [0.1, 0.15) is 11.4 Å². The summed E-state index contributed by atoms with van der Waals surface area (Å²) in [6.07, 6.45) is 7.21. The highest BCUT2D eigenvalue weighted by atomic mass is 19.1. The normalized spacial score (nSPS) is 35.0. The molecule has 0 saturated heterocycles. The van der Waals surface area contributed by atoms with Crippen molar-refractivity contribution < 1.29 is 38.5 Å². The van der Waals surface area contributed by atoms with Gasteiger partial charge in [0, 0.05) is 29.7 Å². The number of benzene rings is 1. The molecule has 3 saturated carbocycles. The molecule has 8 nitrogen and oxygen atoms in total. The first-order chi connectivity index (χ1) is 19.9. The lowest BCUT2D eigenvalue weighted by Crippen LogP contribution is -2.61. The number of nitrogens with one attached hydrogen (secondary N) is 1. The van der Waals surface area contributed by atoms with Crippen molar-refractivity contribution in [2.45, 2.75) is 76.9 Å². The lowest BCUT2D eigenvalue weighted by molar-refractivity contribution is -0.181. The van der Waals surface area contributed by atoms with E-state index in [4.69, 9.17) is 4.74 Å². The van der Waals surface area contributed by atoms with Crippen LogP contribution in [0.3, 0.4) is 0 Å². The largest absolute Gasteiger partial charge is 0.458 e. The summed E-state index contributed by atoms with van der Waals surface area (Å²) in [7, 11) is 0. The van der Waals surface area contributed by atoms with E-state index in [-0.39, 0.29) is 60.9 Å². The molecule has 4 aliphatic rings. The van der Waals surface area contributed by atoms with Gasteiger partial charge in [-0.3, -0.25) is 19.2 Å². The maximum atomic E-state index is 13.4. The van der Waals surface area contributed by atoms with E-state index in [2.05, 4.69) is 12.2 Å². The Kier molecular flexibility index (Phi) is 8.29. The Balaban J connectivity index is 1.14. The first-order valence-corrected chi connectivity index (χ1v) is 14.9. The van der Waals surface area contributed by atoms with Crippen LogP contribution in [0.4, 0.5) is 4.39 Å². The first kappa shape index (κ1) is 30.3. The summed E-state index contributed by atoms with van der Waals surface area (Å²) < 4.78 is 18.2. The smallest absolute Gasteiger partial charge is 0.306 e. The van der Waals surface area contributed by atoms with E-state index in [1.165, 1.54) is 12.1 Å². The predicted octanol–water partition coefficient (Wildman–Crippen LogP) is 3.39. The van der Waals surface area contributed by atoms with E-state index in [0.29, 0.717) is 19.4 Å². The molecule has 3 fully saturated rings. The van der Waals surface area contributed by atoms with Gasteiger partial charge in [0.2, 0.25) is 11.7 Å². The highest BCUT2D eigenvalue weighted by molar-refractivity contribution is 6.01. The number of esters is 1. The van der Waals surface area contributed by atoms with Crippen LogP contribution in [-0.4, -0.2) is 58.5 Å². The van der Waals surface area contributed by atoms with Crippen LogP contribution in [0.2, 0.25) is 0 Å². The third-order valence-corrected chi connectivity index (χ3v) is 10.7. The molecule has 0 aliphatic heterocycles. The Hall–Kier alpha value is -3.17. The number of amides is 1. The maximum Gasteiger partial charge on any atom is 0.306 e. The van der Waals surface area contributed by atoms with Crippen molar-refractivity contribution in [1.29, 1.82) is 0 Å². The van der Waals surface area contributed by atoms with Gasteiger partial charge < -0.3 is 20.3 Å². The quantitative estimate of drug-likeness (QED) is 0.381. The minimum Gasteiger partial charge on any atom is -0.458 e. The van der Waals surface area contributed by atoms with Gasteiger partial charge in [-0.2, -0.15) is 0 Å². The second-order valence-corrected chi connectivity index (χ2v) is 12.9.